The summed E-state index contributed by atoms with van der Waals surface area (Å²) in [5, 5.41) is 12.0. The molecule has 2 N–H and O–H groups in total. The molecule has 20 heavy (non-hydrogen) atoms. The SMILES string of the molecule is COc1cncc(CCC(=O)NC(CCO)C(C)C)c1. The quantitative estimate of drug-likeness (QED) is 0.758. The van der Waals surface area contributed by atoms with Crippen LogP contribution in [0.1, 0.15) is 32.3 Å². The van der Waals surface area contributed by atoms with E-state index in [2.05, 4.69) is 10.3 Å². The van der Waals surface area contributed by atoms with Crippen LogP contribution >= 0.6 is 0 Å². The largest absolute Gasteiger partial charge is 0.495 e. The number of aliphatic hydroxyl groups excluding tert-OH is 1. The second-order valence-corrected chi connectivity index (χ2v) is 5.16. The number of carbonyl (C=O) groups excluding carboxylic acids is 1. The summed E-state index contributed by atoms with van der Waals surface area (Å²) in [6.45, 7) is 4.15. The summed E-state index contributed by atoms with van der Waals surface area (Å²) in [7, 11) is 1.59. The van der Waals surface area contributed by atoms with Crippen LogP contribution in [0.15, 0.2) is 18.5 Å². The number of carbonyl (C=O) groups is 1. The Morgan fingerprint density at radius 1 is 1.45 bits per heavy atom. The molecule has 1 heterocycles. The maximum Gasteiger partial charge on any atom is 0.220 e. The van der Waals surface area contributed by atoms with Crippen molar-refractivity contribution >= 4 is 5.91 Å². The van der Waals surface area contributed by atoms with Gasteiger partial charge in [0.05, 0.1) is 13.3 Å². The Morgan fingerprint density at radius 2 is 2.20 bits per heavy atom. The molecule has 1 aromatic rings. The number of aryl methyl sites for hydroxylation is 1. The van der Waals surface area contributed by atoms with E-state index in [0.717, 1.165) is 5.56 Å². The van der Waals surface area contributed by atoms with Gasteiger partial charge in [-0.15, -0.1) is 0 Å². The molecule has 1 amide bonds. The zero-order valence-corrected chi connectivity index (χ0v) is 12.4. The monoisotopic (exact) mass is 280 g/mol. The van der Waals surface area contributed by atoms with Gasteiger partial charge in [-0.2, -0.15) is 0 Å². The summed E-state index contributed by atoms with van der Waals surface area (Å²) in [6, 6.07) is 1.91. The second-order valence-electron chi connectivity index (χ2n) is 5.16. The van der Waals surface area contributed by atoms with Crippen LogP contribution in [0.25, 0.3) is 0 Å². The number of nitrogens with one attached hydrogen (secondary N) is 1. The molecule has 5 heteroatoms. The molecule has 1 unspecified atom stereocenters. The van der Waals surface area contributed by atoms with E-state index in [4.69, 9.17) is 9.84 Å². The van der Waals surface area contributed by atoms with Crippen molar-refractivity contribution in [1.29, 1.82) is 0 Å². The summed E-state index contributed by atoms with van der Waals surface area (Å²) >= 11 is 0. The van der Waals surface area contributed by atoms with Crippen LogP contribution in [0.3, 0.4) is 0 Å². The number of amides is 1. The molecule has 0 saturated heterocycles. The maximum atomic E-state index is 11.9. The molecule has 0 radical (unpaired) electrons. The normalized spacial score (nSPS) is 12.2. The molecular formula is C15H24N2O3. The lowest BCUT2D eigenvalue weighted by Crippen LogP contribution is -2.39. The number of methoxy groups -OCH3 is 1. The molecule has 0 spiro atoms. The van der Waals surface area contributed by atoms with E-state index in [-0.39, 0.29) is 18.6 Å². The highest BCUT2D eigenvalue weighted by Crippen LogP contribution is 2.12. The molecule has 1 atom stereocenters. The number of aliphatic hydroxyl groups is 1. The third kappa shape index (κ3) is 5.57. The van der Waals surface area contributed by atoms with Crippen LogP contribution in [-0.2, 0) is 11.2 Å². The smallest absolute Gasteiger partial charge is 0.220 e. The topological polar surface area (TPSA) is 71.5 Å². The standard InChI is InChI=1S/C15H24N2O3/c1-11(2)14(6-7-18)17-15(19)5-4-12-8-13(20-3)10-16-9-12/h8-11,14,18H,4-7H2,1-3H3,(H,17,19). The third-order valence-electron chi connectivity index (χ3n) is 3.24. The number of nitrogens with zero attached hydrogens (tertiary/aromatic N) is 1. The first-order valence-corrected chi connectivity index (χ1v) is 6.95. The van der Waals surface area contributed by atoms with E-state index in [9.17, 15) is 4.79 Å². The second kappa shape index (κ2) is 8.53. The first-order chi connectivity index (χ1) is 9.56. The number of pyridine rings is 1. The fourth-order valence-electron chi connectivity index (χ4n) is 1.96. The van der Waals surface area contributed by atoms with Crippen molar-refractivity contribution in [3.8, 4) is 5.75 Å². The highest BCUT2D eigenvalue weighted by molar-refractivity contribution is 5.76. The first-order valence-electron chi connectivity index (χ1n) is 6.95. The number of hydrogen-bond donors (Lipinski definition) is 2. The van der Waals surface area contributed by atoms with Crippen LogP contribution in [-0.4, -0.2) is 35.8 Å². The van der Waals surface area contributed by atoms with Gasteiger partial charge in [0.15, 0.2) is 0 Å². The molecule has 0 saturated carbocycles. The van der Waals surface area contributed by atoms with E-state index in [0.29, 0.717) is 30.9 Å². The minimum absolute atomic E-state index is 0.0000279. The molecule has 0 aliphatic heterocycles. The third-order valence-corrected chi connectivity index (χ3v) is 3.24. The Kier molecular flexibility index (Phi) is 7.01. The van der Waals surface area contributed by atoms with Crippen molar-refractivity contribution in [3.05, 3.63) is 24.0 Å². The number of aromatic nitrogens is 1. The van der Waals surface area contributed by atoms with E-state index < -0.39 is 0 Å². The van der Waals surface area contributed by atoms with Crippen molar-refractivity contribution in [1.82, 2.24) is 10.3 Å². The predicted molar refractivity (Wildman–Crippen MR) is 77.6 cm³/mol. The van der Waals surface area contributed by atoms with Crippen molar-refractivity contribution in [2.45, 2.75) is 39.2 Å². The lowest BCUT2D eigenvalue weighted by molar-refractivity contribution is -0.122. The zero-order chi connectivity index (χ0) is 15.0. The number of hydrogen-bond acceptors (Lipinski definition) is 4. The summed E-state index contributed by atoms with van der Waals surface area (Å²) < 4.78 is 5.10. The van der Waals surface area contributed by atoms with E-state index in [1.807, 2.05) is 19.9 Å². The Morgan fingerprint density at radius 3 is 2.80 bits per heavy atom. The zero-order valence-electron chi connectivity index (χ0n) is 12.4. The predicted octanol–water partition coefficient (Wildman–Crippen LogP) is 1.55. The van der Waals surface area contributed by atoms with Crippen molar-refractivity contribution in [2.75, 3.05) is 13.7 Å². The summed E-state index contributed by atoms with van der Waals surface area (Å²) in [5.41, 5.74) is 0.975. The van der Waals surface area contributed by atoms with Gasteiger partial charge in [-0.1, -0.05) is 13.8 Å². The molecule has 1 rings (SSSR count). The lowest BCUT2D eigenvalue weighted by Gasteiger charge is -2.21. The van der Waals surface area contributed by atoms with Crippen LogP contribution in [0.2, 0.25) is 0 Å². The maximum absolute atomic E-state index is 11.9. The van der Waals surface area contributed by atoms with Gasteiger partial charge in [-0.25, -0.2) is 0 Å². The van der Waals surface area contributed by atoms with Gasteiger partial charge >= 0.3 is 0 Å². The van der Waals surface area contributed by atoms with Gasteiger partial charge < -0.3 is 15.2 Å². The fraction of sp³-hybridized carbons (Fsp3) is 0.600. The molecule has 1 aromatic heterocycles. The van der Waals surface area contributed by atoms with Crippen molar-refractivity contribution in [2.24, 2.45) is 5.92 Å². The Balaban J connectivity index is 2.45. The average molecular weight is 280 g/mol. The summed E-state index contributed by atoms with van der Waals surface area (Å²) in [4.78, 5) is 16.0. The highest BCUT2D eigenvalue weighted by atomic mass is 16.5. The van der Waals surface area contributed by atoms with E-state index in [1.54, 1.807) is 19.5 Å². The van der Waals surface area contributed by atoms with Crippen LogP contribution in [0.4, 0.5) is 0 Å². The lowest BCUT2D eigenvalue weighted by atomic mass is 10.0. The molecule has 0 bridgehead atoms. The molecule has 112 valence electrons. The molecule has 5 nitrogen and oxygen atoms in total. The molecule has 0 fully saturated rings. The minimum atomic E-state index is -0.0000279. The first kappa shape index (κ1) is 16.4. The summed E-state index contributed by atoms with van der Waals surface area (Å²) in [6.07, 6.45) is 5.00. The van der Waals surface area contributed by atoms with Gasteiger partial charge in [0, 0.05) is 25.3 Å². The van der Waals surface area contributed by atoms with Gasteiger partial charge in [0.1, 0.15) is 5.75 Å². The average Bonchev–Trinajstić information content (AvgIpc) is 2.44. The van der Waals surface area contributed by atoms with E-state index in [1.165, 1.54) is 0 Å². The Labute approximate surface area is 120 Å². The number of ether oxygens (including phenoxy) is 1. The molecule has 0 aliphatic rings. The van der Waals surface area contributed by atoms with E-state index >= 15 is 0 Å². The fourth-order valence-corrected chi connectivity index (χ4v) is 1.96. The van der Waals surface area contributed by atoms with Crippen molar-refractivity contribution in [3.63, 3.8) is 0 Å². The van der Waals surface area contributed by atoms with Crippen LogP contribution in [0.5, 0.6) is 5.75 Å². The van der Waals surface area contributed by atoms with Gasteiger partial charge in [-0.05, 0) is 30.4 Å². The van der Waals surface area contributed by atoms with Gasteiger partial charge in [0.2, 0.25) is 5.91 Å². The minimum Gasteiger partial charge on any atom is -0.495 e. The Bertz CT molecular complexity index is 421. The Hall–Kier alpha value is -1.62. The van der Waals surface area contributed by atoms with Gasteiger partial charge in [-0.3, -0.25) is 9.78 Å². The van der Waals surface area contributed by atoms with Gasteiger partial charge in [0.25, 0.3) is 0 Å². The molecule has 0 aliphatic carbocycles. The highest BCUT2D eigenvalue weighted by Gasteiger charge is 2.15. The summed E-state index contributed by atoms with van der Waals surface area (Å²) in [5.74, 6) is 1.01. The van der Waals surface area contributed by atoms with Crippen LogP contribution < -0.4 is 10.1 Å². The number of rotatable bonds is 8. The van der Waals surface area contributed by atoms with Crippen molar-refractivity contribution < 1.29 is 14.6 Å². The molecule has 0 aromatic carbocycles. The molecular weight excluding hydrogens is 256 g/mol. The van der Waals surface area contributed by atoms with Crippen LogP contribution in [0, 0.1) is 5.92 Å².